The van der Waals surface area contributed by atoms with Gasteiger partial charge in [-0.3, -0.25) is 4.98 Å². The Morgan fingerprint density at radius 2 is 1.78 bits per heavy atom. The molecule has 0 unspecified atom stereocenters. The van der Waals surface area contributed by atoms with E-state index in [4.69, 9.17) is 17.0 Å². The minimum atomic E-state index is -0.103. The third kappa shape index (κ3) is 3.63. The standard InChI is InChI=1S/C26H24N4OS/c1-18-8-5-9-19(16-18)29-15-7-13-23(29)25-24(22-12-3-4-14-27-22)28-26(32)30(25)20-10-6-11-21(17-20)31-2/h3-17,24-25H,1-2H3,(H,28,32)/t24-,25+/m1/s1. The third-order valence-electron chi connectivity index (χ3n) is 5.79. The fraction of sp³-hybridized carbons (Fsp3) is 0.154. The van der Waals surface area contributed by atoms with E-state index in [0.29, 0.717) is 5.11 Å². The van der Waals surface area contributed by atoms with Gasteiger partial charge in [0.15, 0.2) is 5.11 Å². The molecule has 0 amide bonds. The molecule has 0 aliphatic carbocycles. The van der Waals surface area contributed by atoms with Gasteiger partial charge in [0.25, 0.3) is 0 Å². The van der Waals surface area contributed by atoms with Crippen LogP contribution in [0.3, 0.4) is 0 Å². The Bertz CT molecular complexity index is 1250. The van der Waals surface area contributed by atoms with Gasteiger partial charge < -0.3 is 19.5 Å². The number of anilines is 1. The fourth-order valence-corrected chi connectivity index (χ4v) is 4.69. The largest absolute Gasteiger partial charge is 0.497 e. The molecule has 2 aromatic carbocycles. The molecule has 1 aliphatic rings. The SMILES string of the molecule is COc1cccc(N2C(=S)N[C@H](c3ccccn3)[C@@H]2c2cccn2-c2cccc(C)c2)c1. The van der Waals surface area contributed by atoms with Crippen molar-refractivity contribution in [2.45, 2.75) is 19.0 Å². The van der Waals surface area contributed by atoms with E-state index in [1.54, 1.807) is 7.11 Å². The van der Waals surface area contributed by atoms with Crippen LogP contribution in [-0.2, 0) is 0 Å². The molecule has 0 radical (unpaired) electrons. The minimum Gasteiger partial charge on any atom is -0.497 e. The van der Waals surface area contributed by atoms with Gasteiger partial charge in [-0.15, -0.1) is 0 Å². The molecule has 0 bridgehead atoms. The highest BCUT2D eigenvalue weighted by Gasteiger charge is 2.42. The molecule has 1 fully saturated rings. The Hall–Kier alpha value is -3.64. The molecule has 1 saturated heterocycles. The average molecular weight is 441 g/mol. The molecule has 2 atom stereocenters. The van der Waals surface area contributed by atoms with Crippen LogP contribution < -0.4 is 15.0 Å². The van der Waals surface area contributed by atoms with Crippen LogP contribution in [0.15, 0.2) is 91.3 Å². The maximum Gasteiger partial charge on any atom is 0.174 e. The maximum absolute atomic E-state index is 5.85. The number of aromatic nitrogens is 2. The highest BCUT2D eigenvalue weighted by molar-refractivity contribution is 7.80. The summed E-state index contributed by atoms with van der Waals surface area (Å²) < 4.78 is 7.72. The molecule has 6 heteroatoms. The van der Waals surface area contributed by atoms with Crippen molar-refractivity contribution >= 4 is 23.0 Å². The minimum absolute atomic E-state index is 0.0972. The van der Waals surface area contributed by atoms with Crippen LogP contribution in [0.1, 0.15) is 29.0 Å². The van der Waals surface area contributed by atoms with Crippen molar-refractivity contribution < 1.29 is 4.74 Å². The van der Waals surface area contributed by atoms with Gasteiger partial charge in [-0.25, -0.2) is 0 Å². The second-order valence-corrected chi connectivity index (χ2v) is 8.23. The molecule has 0 saturated carbocycles. The Morgan fingerprint density at radius 3 is 2.56 bits per heavy atom. The van der Waals surface area contributed by atoms with E-state index in [2.05, 4.69) is 75.4 Å². The number of hydrogen-bond donors (Lipinski definition) is 1. The van der Waals surface area contributed by atoms with Crippen LogP contribution in [0.2, 0.25) is 0 Å². The van der Waals surface area contributed by atoms with Crippen LogP contribution >= 0.6 is 12.2 Å². The Morgan fingerprint density at radius 1 is 0.938 bits per heavy atom. The zero-order valence-corrected chi connectivity index (χ0v) is 18.8. The molecular weight excluding hydrogens is 416 g/mol. The van der Waals surface area contributed by atoms with Gasteiger partial charge in [0.2, 0.25) is 0 Å². The molecule has 1 N–H and O–H groups in total. The lowest BCUT2D eigenvalue weighted by Gasteiger charge is -2.29. The van der Waals surface area contributed by atoms with Crippen molar-refractivity contribution in [2.24, 2.45) is 0 Å². The molecule has 2 aromatic heterocycles. The van der Waals surface area contributed by atoms with Crippen LogP contribution in [0.4, 0.5) is 5.69 Å². The van der Waals surface area contributed by atoms with Gasteiger partial charge in [-0.05, 0) is 73.2 Å². The second-order valence-electron chi connectivity index (χ2n) is 7.84. The van der Waals surface area contributed by atoms with Crippen molar-refractivity contribution in [3.05, 3.63) is 108 Å². The summed E-state index contributed by atoms with van der Waals surface area (Å²) in [7, 11) is 1.68. The van der Waals surface area contributed by atoms with Crippen LogP contribution in [-0.4, -0.2) is 21.8 Å². The van der Waals surface area contributed by atoms with E-state index < -0.39 is 0 Å². The predicted octanol–water partition coefficient (Wildman–Crippen LogP) is 5.37. The summed E-state index contributed by atoms with van der Waals surface area (Å²) in [6.07, 6.45) is 3.93. The van der Waals surface area contributed by atoms with Gasteiger partial charge in [0, 0.05) is 35.5 Å². The molecule has 32 heavy (non-hydrogen) atoms. The summed E-state index contributed by atoms with van der Waals surface area (Å²) >= 11 is 5.85. The number of aryl methyl sites for hydroxylation is 1. The molecular formula is C26H24N4OS. The highest BCUT2D eigenvalue weighted by atomic mass is 32.1. The van der Waals surface area contributed by atoms with Crippen molar-refractivity contribution in [3.63, 3.8) is 0 Å². The number of hydrogen-bond acceptors (Lipinski definition) is 3. The number of rotatable bonds is 5. The van der Waals surface area contributed by atoms with Crippen LogP contribution in [0, 0.1) is 6.92 Å². The van der Waals surface area contributed by atoms with Gasteiger partial charge >= 0.3 is 0 Å². The van der Waals surface area contributed by atoms with Crippen molar-refractivity contribution in [1.82, 2.24) is 14.9 Å². The van der Waals surface area contributed by atoms with E-state index in [1.807, 2.05) is 42.6 Å². The van der Waals surface area contributed by atoms with Crippen LogP contribution in [0.5, 0.6) is 5.75 Å². The zero-order valence-electron chi connectivity index (χ0n) is 18.0. The average Bonchev–Trinajstić information content (AvgIpc) is 3.44. The van der Waals surface area contributed by atoms with Gasteiger partial charge in [0.05, 0.1) is 18.8 Å². The Balaban J connectivity index is 1.67. The number of ether oxygens (including phenoxy) is 1. The first-order valence-corrected chi connectivity index (χ1v) is 11.0. The van der Waals surface area contributed by atoms with E-state index in [9.17, 15) is 0 Å². The zero-order chi connectivity index (χ0) is 22.1. The third-order valence-corrected chi connectivity index (χ3v) is 6.11. The molecule has 0 spiro atoms. The molecule has 5 nitrogen and oxygen atoms in total. The highest BCUT2D eigenvalue weighted by Crippen LogP contribution is 2.42. The molecule has 1 aliphatic heterocycles. The summed E-state index contributed by atoms with van der Waals surface area (Å²) in [5.41, 5.74) is 5.38. The van der Waals surface area contributed by atoms with Crippen LogP contribution in [0.25, 0.3) is 5.69 Å². The topological polar surface area (TPSA) is 42.3 Å². The molecule has 3 heterocycles. The first-order valence-electron chi connectivity index (χ1n) is 10.5. The van der Waals surface area contributed by atoms with E-state index in [-0.39, 0.29) is 12.1 Å². The van der Waals surface area contributed by atoms with E-state index in [0.717, 1.165) is 28.5 Å². The summed E-state index contributed by atoms with van der Waals surface area (Å²) in [6.45, 7) is 2.11. The molecule has 160 valence electrons. The first-order chi connectivity index (χ1) is 15.7. The maximum atomic E-state index is 5.85. The van der Waals surface area contributed by atoms with Gasteiger partial charge in [0.1, 0.15) is 11.8 Å². The first kappa shape index (κ1) is 20.3. The van der Waals surface area contributed by atoms with E-state index in [1.165, 1.54) is 5.56 Å². The number of nitrogens with zero attached hydrogens (tertiary/aromatic N) is 3. The van der Waals surface area contributed by atoms with E-state index >= 15 is 0 Å². The second kappa shape index (κ2) is 8.48. The smallest absolute Gasteiger partial charge is 0.174 e. The van der Waals surface area contributed by atoms with Crippen molar-refractivity contribution in [3.8, 4) is 11.4 Å². The number of methoxy groups -OCH3 is 1. The lowest BCUT2D eigenvalue weighted by molar-refractivity contribution is 0.414. The monoisotopic (exact) mass is 440 g/mol. The fourth-order valence-electron chi connectivity index (χ4n) is 4.34. The lowest BCUT2D eigenvalue weighted by atomic mass is 10.0. The lowest BCUT2D eigenvalue weighted by Crippen LogP contribution is -2.30. The summed E-state index contributed by atoms with van der Waals surface area (Å²) in [5, 5.41) is 4.19. The van der Waals surface area contributed by atoms with Gasteiger partial charge in [-0.2, -0.15) is 0 Å². The normalized spacial score (nSPS) is 17.9. The Labute approximate surface area is 193 Å². The number of nitrogens with one attached hydrogen (secondary N) is 1. The summed E-state index contributed by atoms with van der Waals surface area (Å²) in [6, 6.07) is 26.5. The summed E-state index contributed by atoms with van der Waals surface area (Å²) in [4.78, 5) is 6.82. The van der Waals surface area contributed by atoms with Crippen molar-refractivity contribution in [1.29, 1.82) is 0 Å². The van der Waals surface area contributed by atoms with Gasteiger partial charge in [-0.1, -0.05) is 24.3 Å². The quantitative estimate of drug-likeness (QED) is 0.423. The number of thiocarbonyl (C=S) groups is 1. The van der Waals surface area contributed by atoms with Crippen molar-refractivity contribution in [2.75, 3.05) is 12.0 Å². The Kier molecular flexibility index (Phi) is 5.37. The molecule has 4 aromatic rings. The number of benzene rings is 2. The predicted molar refractivity (Wildman–Crippen MR) is 131 cm³/mol. The molecule has 5 rings (SSSR count). The number of pyridine rings is 1. The summed E-state index contributed by atoms with van der Waals surface area (Å²) in [5.74, 6) is 0.791.